The number of para-hydroxylation sites is 2. The van der Waals surface area contributed by atoms with Crippen molar-refractivity contribution in [3.63, 3.8) is 0 Å². The van der Waals surface area contributed by atoms with Gasteiger partial charge < -0.3 is 24.8 Å². The van der Waals surface area contributed by atoms with Crippen molar-refractivity contribution in [3.8, 4) is 17.2 Å². The number of hydrogen-bond donors (Lipinski definition) is 2. The smallest absolute Gasteiger partial charge is 0.175 e. The molecular formula is C24H24N2O4S2. The summed E-state index contributed by atoms with van der Waals surface area (Å²) in [6.45, 7) is 0. The third-order valence-electron chi connectivity index (χ3n) is 4.52. The number of nitrogens with one attached hydrogen (secondary N) is 2. The summed E-state index contributed by atoms with van der Waals surface area (Å²) in [5.74, 6) is 2.12. The fraction of sp³-hybridized carbons (Fsp3) is 0.167. The van der Waals surface area contributed by atoms with E-state index in [1.54, 1.807) is 39.5 Å². The maximum Gasteiger partial charge on any atom is 0.175 e. The first-order chi connectivity index (χ1) is 15.5. The second-order valence-corrected chi connectivity index (χ2v) is 8.05. The van der Waals surface area contributed by atoms with E-state index in [4.69, 9.17) is 26.4 Å². The van der Waals surface area contributed by atoms with Crippen molar-refractivity contribution >= 4 is 46.3 Å². The Morgan fingerprint density at radius 2 is 1.59 bits per heavy atom. The predicted octanol–water partition coefficient (Wildman–Crippen LogP) is 5.50. The lowest BCUT2D eigenvalue weighted by molar-refractivity contribution is 0.102. The average Bonchev–Trinajstić information content (AvgIpc) is 2.82. The van der Waals surface area contributed by atoms with Crippen LogP contribution >= 0.6 is 24.0 Å². The highest BCUT2D eigenvalue weighted by molar-refractivity contribution is 8.00. The van der Waals surface area contributed by atoms with Crippen LogP contribution in [0.15, 0.2) is 71.6 Å². The molecule has 6 nitrogen and oxygen atoms in total. The number of ether oxygens (including phenoxy) is 3. The highest BCUT2D eigenvalue weighted by atomic mass is 32.2. The average molecular weight is 469 g/mol. The lowest BCUT2D eigenvalue weighted by atomic mass is 10.1. The van der Waals surface area contributed by atoms with Crippen LogP contribution in [0.1, 0.15) is 10.4 Å². The number of benzene rings is 3. The quantitative estimate of drug-likeness (QED) is 0.243. The van der Waals surface area contributed by atoms with Gasteiger partial charge in [0.25, 0.3) is 0 Å². The molecule has 0 fully saturated rings. The zero-order chi connectivity index (χ0) is 22.9. The summed E-state index contributed by atoms with van der Waals surface area (Å²) >= 11 is 6.88. The summed E-state index contributed by atoms with van der Waals surface area (Å²) in [5, 5.41) is 6.74. The van der Waals surface area contributed by atoms with Gasteiger partial charge in [0.1, 0.15) is 5.75 Å². The van der Waals surface area contributed by atoms with E-state index in [2.05, 4.69) is 10.6 Å². The number of Topliss-reactive ketones (excluding diaryl/α,β-unsaturated/α-hetero) is 1. The standard InChI is InChI=1S/C24H24N2O4S2/c1-28-21-10-5-4-9-19(21)26-24(31)25-17-7-6-8-18(14-17)32-15-20(27)16-11-12-22(29-2)23(13-16)30-3/h4-14H,15H2,1-3H3,(H2,25,26,31). The van der Waals surface area contributed by atoms with Crippen LogP contribution in [0.3, 0.4) is 0 Å². The molecule has 32 heavy (non-hydrogen) atoms. The number of carbonyl (C=O) groups is 1. The molecule has 0 atom stereocenters. The van der Waals surface area contributed by atoms with Gasteiger partial charge in [0.15, 0.2) is 22.4 Å². The SMILES string of the molecule is COc1ccccc1NC(=S)Nc1cccc(SCC(=O)c2ccc(OC)c(OC)c2)c1. The van der Waals surface area contributed by atoms with Gasteiger partial charge in [-0.3, -0.25) is 4.79 Å². The first kappa shape index (κ1) is 23.4. The second kappa shape index (κ2) is 11.4. The Kier molecular flexibility index (Phi) is 8.35. The summed E-state index contributed by atoms with van der Waals surface area (Å²) in [4.78, 5) is 13.6. The lowest BCUT2D eigenvalue weighted by Gasteiger charge is -2.14. The molecular weight excluding hydrogens is 444 g/mol. The maximum atomic E-state index is 12.6. The molecule has 0 heterocycles. The lowest BCUT2D eigenvalue weighted by Crippen LogP contribution is -2.19. The van der Waals surface area contributed by atoms with E-state index in [-0.39, 0.29) is 5.78 Å². The Bertz CT molecular complexity index is 1100. The highest BCUT2D eigenvalue weighted by Gasteiger charge is 2.12. The molecule has 0 radical (unpaired) electrons. The van der Waals surface area contributed by atoms with E-state index in [0.717, 1.165) is 16.3 Å². The molecule has 3 aromatic carbocycles. The van der Waals surface area contributed by atoms with Gasteiger partial charge in [-0.1, -0.05) is 18.2 Å². The molecule has 166 valence electrons. The third-order valence-corrected chi connectivity index (χ3v) is 5.72. The summed E-state index contributed by atoms with van der Waals surface area (Å²) < 4.78 is 15.8. The van der Waals surface area contributed by atoms with Crippen molar-refractivity contribution in [2.75, 3.05) is 37.7 Å². The third kappa shape index (κ3) is 6.15. The van der Waals surface area contributed by atoms with Gasteiger partial charge in [-0.15, -0.1) is 11.8 Å². The zero-order valence-electron chi connectivity index (χ0n) is 18.0. The number of thiocarbonyl (C=S) groups is 1. The summed E-state index contributed by atoms with van der Waals surface area (Å²) in [6.07, 6.45) is 0. The molecule has 3 aromatic rings. The zero-order valence-corrected chi connectivity index (χ0v) is 19.6. The predicted molar refractivity (Wildman–Crippen MR) is 134 cm³/mol. The van der Waals surface area contributed by atoms with Crippen LogP contribution in [0, 0.1) is 0 Å². The first-order valence-electron chi connectivity index (χ1n) is 9.73. The summed E-state index contributed by atoms with van der Waals surface area (Å²) in [5.41, 5.74) is 2.17. The molecule has 0 aliphatic rings. The molecule has 8 heteroatoms. The van der Waals surface area contributed by atoms with Crippen molar-refractivity contribution in [3.05, 3.63) is 72.3 Å². The van der Waals surface area contributed by atoms with Crippen molar-refractivity contribution in [1.29, 1.82) is 0 Å². The van der Waals surface area contributed by atoms with Gasteiger partial charge in [-0.05, 0) is 60.7 Å². The van der Waals surface area contributed by atoms with E-state index in [1.807, 2.05) is 48.5 Å². The maximum absolute atomic E-state index is 12.6. The Balaban J connectivity index is 1.60. The van der Waals surface area contributed by atoms with E-state index >= 15 is 0 Å². The van der Waals surface area contributed by atoms with Crippen molar-refractivity contribution in [1.82, 2.24) is 0 Å². The minimum atomic E-state index is 0.00248. The van der Waals surface area contributed by atoms with E-state index in [0.29, 0.717) is 33.7 Å². The van der Waals surface area contributed by atoms with Gasteiger partial charge in [0.05, 0.1) is 32.8 Å². The summed E-state index contributed by atoms with van der Waals surface area (Å²) in [6, 6.07) is 20.4. The largest absolute Gasteiger partial charge is 0.495 e. The number of carbonyl (C=O) groups excluding carboxylic acids is 1. The summed E-state index contributed by atoms with van der Waals surface area (Å²) in [7, 11) is 4.72. The van der Waals surface area contributed by atoms with E-state index < -0.39 is 0 Å². The molecule has 3 rings (SSSR count). The monoisotopic (exact) mass is 468 g/mol. The molecule has 0 aromatic heterocycles. The van der Waals surface area contributed by atoms with Gasteiger partial charge in [-0.25, -0.2) is 0 Å². The molecule has 0 aliphatic carbocycles. The fourth-order valence-electron chi connectivity index (χ4n) is 2.94. The number of anilines is 2. The number of methoxy groups -OCH3 is 3. The second-order valence-electron chi connectivity index (χ2n) is 6.59. The normalized spacial score (nSPS) is 10.2. The fourth-order valence-corrected chi connectivity index (χ4v) is 4.02. The van der Waals surface area contributed by atoms with Crippen LogP contribution < -0.4 is 24.8 Å². The van der Waals surface area contributed by atoms with Crippen molar-refractivity contribution < 1.29 is 19.0 Å². The van der Waals surface area contributed by atoms with Gasteiger partial charge in [0, 0.05) is 16.1 Å². The first-order valence-corrected chi connectivity index (χ1v) is 11.1. The topological polar surface area (TPSA) is 68.8 Å². The van der Waals surface area contributed by atoms with Gasteiger partial charge in [-0.2, -0.15) is 0 Å². The number of rotatable bonds is 9. The van der Waals surface area contributed by atoms with Gasteiger partial charge in [0.2, 0.25) is 0 Å². The Morgan fingerprint density at radius 1 is 0.844 bits per heavy atom. The minimum absolute atomic E-state index is 0.00248. The van der Waals surface area contributed by atoms with E-state index in [9.17, 15) is 4.79 Å². The molecule has 2 N–H and O–H groups in total. The molecule has 0 amide bonds. The number of hydrogen-bond acceptors (Lipinski definition) is 6. The van der Waals surface area contributed by atoms with Crippen LogP contribution in [-0.4, -0.2) is 38.0 Å². The molecule has 0 unspecified atom stereocenters. The van der Waals surface area contributed by atoms with Crippen molar-refractivity contribution in [2.24, 2.45) is 0 Å². The molecule has 0 bridgehead atoms. The molecule has 0 saturated heterocycles. The van der Waals surface area contributed by atoms with Crippen LogP contribution in [0.4, 0.5) is 11.4 Å². The minimum Gasteiger partial charge on any atom is -0.495 e. The molecule has 0 spiro atoms. The van der Waals surface area contributed by atoms with Crippen LogP contribution in [0.2, 0.25) is 0 Å². The van der Waals surface area contributed by atoms with Crippen LogP contribution in [0.5, 0.6) is 17.2 Å². The highest BCUT2D eigenvalue weighted by Crippen LogP contribution is 2.29. The van der Waals surface area contributed by atoms with Crippen LogP contribution in [-0.2, 0) is 0 Å². The number of thioether (sulfide) groups is 1. The van der Waals surface area contributed by atoms with Crippen molar-refractivity contribution in [2.45, 2.75) is 4.90 Å². The Hall–Kier alpha value is -3.23. The van der Waals surface area contributed by atoms with E-state index in [1.165, 1.54) is 11.8 Å². The Morgan fingerprint density at radius 3 is 2.34 bits per heavy atom. The van der Waals surface area contributed by atoms with Crippen LogP contribution in [0.25, 0.3) is 0 Å². The Labute approximate surface area is 197 Å². The van der Waals surface area contributed by atoms with Gasteiger partial charge >= 0.3 is 0 Å². The molecule has 0 aliphatic heterocycles. The number of ketones is 1. The molecule has 0 saturated carbocycles.